The summed E-state index contributed by atoms with van der Waals surface area (Å²) in [4.78, 5) is 0. The second-order valence-corrected chi connectivity index (χ2v) is 5.67. The first-order chi connectivity index (χ1) is 8.33. The minimum atomic E-state index is -0.141. The van der Waals surface area contributed by atoms with Gasteiger partial charge in [0.15, 0.2) is 0 Å². The van der Waals surface area contributed by atoms with Crippen LogP contribution in [0, 0.1) is 5.82 Å². The van der Waals surface area contributed by atoms with Crippen molar-refractivity contribution >= 4 is 21.4 Å². The highest BCUT2D eigenvalue weighted by atomic mass is 32.1. The molecule has 1 saturated carbocycles. The van der Waals surface area contributed by atoms with E-state index in [1.54, 1.807) is 17.4 Å². The first-order valence-corrected chi connectivity index (χ1v) is 7.10. The van der Waals surface area contributed by atoms with Crippen LogP contribution in [0.25, 0.3) is 10.1 Å². The van der Waals surface area contributed by atoms with Crippen LogP contribution in [0.15, 0.2) is 23.6 Å². The minimum Gasteiger partial charge on any atom is -0.310 e. The SMILES string of the molecule is Fc1ccc2scc(CNC3CCCC3)c2c1. The fraction of sp³-hybridized carbons (Fsp3) is 0.429. The third-order valence-electron chi connectivity index (χ3n) is 3.55. The predicted molar refractivity (Wildman–Crippen MR) is 70.9 cm³/mol. The molecule has 1 heterocycles. The van der Waals surface area contributed by atoms with Crippen molar-refractivity contribution < 1.29 is 4.39 Å². The van der Waals surface area contributed by atoms with Gasteiger partial charge in [0.1, 0.15) is 5.82 Å². The van der Waals surface area contributed by atoms with Crippen molar-refractivity contribution in [2.75, 3.05) is 0 Å². The van der Waals surface area contributed by atoms with Crippen molar-refractivity contribution in [2.45, 2.75) is 38.3 Å². The Bertz CT molecular complexity index is 514. The number of fused-ring (bicyclic) bond motifs is 1. The van der Waals surface area contributed by atoms with Crippen molar-refractivity contribution in [1.29, 1.82) is 0 Å². The summed E-state index contributed by atoms with van der Waals surface area (Å²) < 4.78 is 14.4. The lowest BCUT2D eigenvalue weighted by atomic mass is 10.1. The first kappa shape index (κ1) is 11.2. The quantitative estimate of drug-likeness (QED) is 0.864. The lowest BCUT2D eigenvalue weighted by Gasteiger charge is -2.10. The van der Waals surface area contributed by atoms with Gasteiger partial charge in [-0.1, -0.05) is 12.8 Å². The second kappa shape index (κ2) is 4.75. The Kier molecular flexibility index (Phi) is 3.12. The van der Waals surface area contributed by atoms with Gasteiger partial charge in [-0.3, -0.25) is 0 Å². The maximum absolute atomic E-state index is 13.2. The van der Waals surface area contributed by atoms with Crippen LogP contribution in [0.2, 0.25) is 0 Å². The monoisotopic (exact) mass is 249 g/mol. The predicted octanol–water partition coefficient (Wildman–Crippen LogP) is 4.07. The van der Waals surface area contributed by atoms with Crippen LogP contribution in [-0.4, -0.2) is 6.04 Å². The summed E-state index contributed by atoms with van der Waals surface area (Å²) in [5.41, 5.74) is 1.23. The number of rotatable bonds is 3. The van der Waals surface area contributed by atoms with Crippen LogP contribution >= 0.6 is 11.3 Å². The summed E-state index contributed by atoms with van der Waals surface area (Å²) in [5.74, 6) is -0.141. The normalized spacial score (nSPS) is 17.0. The molecule has 0 spiro atoms. The zero-order valence-electron chi connectivity index (χ0n) is 9.71. The lowest BCUT2D eigenvalue weighted by molar-refractivity contribution is 0.526. The number of hydrogen-bond donors (Lipinski definition) is 1. The lowest BCUT2D eigenvalue weighted by Crippen LogP contribution is -2.25. The van der Waals surface area contributed by atoms with E-state index in [9.17, 15) is 4.39 Å². The molecular formula is C14H16FNS. The van der Waals surface area contributed by atoms with Gasteiger partial charge in [-0.2, -0.15) is 0 Å². The highest BCUT2D eigenvalue weighted by Crippen LogP contribution is 2.27. The van der Waals surface area contributed by atoms with E-state index < -0.39 is 0 Å². The highest BCUT2D eigenvalue weighted by molar-refractivity contribution is 7.17. The molecule has 0 amide bonds. The Hall–Kier alpha value is -0.930. The molecule has 90 valence electrons. The maximum Gasteiger partial charge on any atom is 0.123 e. The van der Waals surface area contributed by atoms with Crippen molar-refractivity contribution in [2.24, 2.45) is 0 Å². The van der Waals surface area contributed by atoms with E-state index >= 15 is 0 Å². The molecule has 3 heteroatoms. The van der Waals surface area contributed by atoms with E-state index in [1.165, 1.54) is 42.0 Å². The zero-order valence-corrected chi connectivity index (χ0v) is 10.5. The highest BCUT2D eigenvalue weighted by Gasteiger charge is 2.14. The second-order valence-electron chi connectivity index (χ2n) is 4.76. The maximum atomic E-state index is 13.2. The standard InChI is InChI=1S/C14H16FNS/c15-11-5-6-14-13(7-11)10(9-17-14)8-16-12-3-1-2-4-12/h5-7,9,12,16H,1-4,8H2. The van der Waals surface area contributed by atoms with Crippen LogP contribution in [0.3, 0.4) is 0 Å². The van der Waals surface area contributed by atoms with E-state index in [2.05, 4.69) is 10.7 Å². The van der Waals surface area contributed by atoms with Gasteiger partial charge >= 0.3 is 0 Å². The molecule has 0 atom stereocenters. The Morgan fingerprint density at radius 3 is 2.94 bits per heavy atom. The average Bonchev–Trinajstić information content (AvgIpc) is 2.94. The van der Waals surface area contributed by atoms with Crippen LogP contribution in [0.5, 0.6) is 0 Å². The van der Waals surface area contributed by atoms with E-state index in [1.807, 2.05) is 6.07 Å². The molecule has 0 radical (unpaired) electrons. The van der Waals surface area contributed by atoms with Crippen molar-refractivity contribution in [3.8, 4) is 0 Å². The van der Waals surface area contributed by atoms with Gasteiger partial charge in [-0.05, 0) is 47.4 Å². The van der Waals surface area contributed by atoms with Gasteiger partial charge in [0.2, 0.25) is 0 Å². The molecule has 2 aromatic rings. The van der Waals surface area contributed by atoms with Gasteiger partial charge in [0.05, 0.1) is 0 Å². The minimum absolute atomic E-state index is 0.141. The van der Waals surface area contributed by atoms with Crippen LogP contribution in [-0.2, 0) is 6.54 Å². The molecule has 0 bridgehead atoms. The summed E-state index contributed by atoms with van der Waals surface area (Å²) in [6, 6.07) is 5.72. The molecule has 17 heavy (non-hydrogen) atoms. The van der Waals surface area contributed by atoms with Crippen LogP contribution in [0.4, 0.5) is 4.39 Å². The molecule has 0 aliphatic heterocycles. The number of hydrogen-bond acceptors (Lipinski definition) is 2. The molecule has 1 aliphatic carbocycles. The summed E-state index contributed by atoms with van der Waals surface area (Å²) >= 11 is 1.70. The summed E-state index contributed by atoms with van der Waals surface area (Å²) in [5, 5.41) is 6.79. The number of benzene rings is 1. The fourth-order valence-electron chi connectivity index (χ4n) is 2.58. The zero-order chi connectivity index (χ0) is 11.7. The molecule has 1 fully saturated rings. The largest absolute Gasteiger partial charge is 0.310 e. The smallest absolute Gasteiger partial charge is 0.123 e. The van der Waals surface area contributed by atoms with Crippen LogP contribution in [0.1, 0.15) is 31.2 Å². The number of thiophene rings is 1. The molecule has 1 nitrogen and oxygen atoms in total. The molecule has 3 rings (SSSR count). The number of nitrogens with one attached hydrogen (secondary N) is 1. The summed E-state index contributed by atoms with van der Waals surface area (Å²) in [6.45, 7) is 0.869. The summed E-state index contributed by atoms with van der Waals surface area (Å²) in [6.07, 6.45) is 5.26. The molecule has 1 aromatic heterocycles. The molecular weight excluding hydrogens is 233 g/mol. The van der Waals surface area contributed by atoms with E-state index in [0.29, 0.717) is 6.04 Å². The first-order valence-electron chi connectivity index (χ1n) is 6.22. The Morgan fingerprint density at radius 1 is 1.29 bits per heavy atom. The molecule has 1 N–H and O–H groups in total. The third-order valence-corrected chi connectivity index (χ3v) is 4.56. The fourth-order valence-corrected chi connectivity index (χ4v) is 3.52. The third kappa shape index (κ3) is 2.35. The van der Waals surface area contributed by atoms with Gasteiger partial charge in [0.25, 0.3) is 0 Å². The van der Waals surface area contributed by atoms with Crippen LogP contribution < -0.4 is 5.32 Å². The number of halogens is 1. The van der Waals surface area contributed by atoms with Gasteiger partial charge in [0, 0.05) is 17.3 Å². The van der Waals surface area contributed by atoms with Crippen molar-refractivity contribution in [3.05, 3.63) is 35.0 Å². The Balaban J connectivity index is 1.77. The topological polar surface area (TPSA) is 12.0 Å². The van der Waals surface area contributed by atoms with E-state index in [0.717, 1.165) is 11.9 Å². The molecule has 0 unspecified atom stereocenters. The Morgan fingerprint density at radius 2 is 2.12 bits per heavy atom. The van der Waals surface area contributed by atoms with Gasteiger partial charge in [-0.15, -0.1) is 11.3 Å². The van der Waals surface area contributed by atoms with Crippen molar-refractivity contribution in [3.63, 3.8) is 0 Å². The van der Waals surface area contributed by atoms with E-state index in [-0.39, 0.29) is 5.82 Å². The molecule has 1 aromatic carbocycles. The Labute approximate surface area is 105 Å². The van der Waals surface area contributed by atoms with E-state index in [4.69, 9.17) is 0 Å². The van der Waals surface area contributed by atoms with Gasteiger partial charge < -0.3 is 5.32 Å². The van der Waals surface area contributed by atoms with Crippen molar-refractivity contribution in [1.82, 2.24) is 5.32 Å². The average molecular weight is 249 g/mol. The summed E-state index contributed by atoms with van der Waals surface area (Å²) in [7, 11) is 0. The molecule has 0 saturated heterocycles. The van der Waals surface area contributed by atoms with Gasteiger partial charge in [-0.25, -0.2) is 4.39 Å². The molecule has 1 aliphatic rings.